The van der Waals surface area contributed by atoms with E-state index in [9.17, 15) is 19.1 Å². The van der Waals surface area contributed by atoms with Crippen LogP contribution in [0.3, 0.4) is 0 Å². The lowest BCUT2D eigenvalue weighted by Gasteiger charge is -2.14. The summed E-state index contributed by atoms with van der Waals surface area (Å²) in [6.45, 7) is 1.96. The summed E-state index contributed by atoms with van der Waals surface area (Å²) >= 11 is 0. The Balaban J connectivity index is 1.32. The van der Waals surface area contributed by atoms with Crippen LogP contribution in [0, 0.1) is 24.6 Å². The molecule has 1 aliphatic carbocycles. The molecule has 5 rings (SSSR count). The number of fused-ring (bicyclic) bond motifs is 1. The van der Waals surface area contributed by atoms with Crippen LogP contribution in [0.25, 0.3) is 22.2 Å². The number of benzene rings is 3. The number of rotatable bonds is 6. The number of oxazole rings is 1. The number of Topliss-reactive ketones (excluding diaryl/α,β-unsaturated/α-hetero) is 1. The van der Waals surface area contributed by atoms with Gasteiger partial charge in [0.1, 0.15) is 11.3 Å². The summed E-state index contributed by atoms with van der Waals surface area (Å²) in [6.07, 6.45) is 1.87. The van der Waals surface area contributed by atoms with E-state index < -0.39 is 23.6 Å². The molecule has 2 atom stereocenters. The van der Waals surface area contributed by atoms with Crippen molar-refractivity contribution in [3.63, 3.8) is 0 Å². The summed E-state index contributed by atoms with van der Waals surface area (Å²) in [7, 11) is 0. The van der Waals surface area contributed by atoms with Gasteiger partial charge in [0.2, 0.25) is 0 Å². The largest absolute Gasteiger partial charge is 0.481 e. The number of hydrogen-bond donors (Lipinski definition) is 2. The first-order valence-corrected chi connectivity index (χ1v) is 11.2. The molecule has 0 saturated heterocycles. The zero-order valence-electron chi connectivity index (χ0n) is 18.5. The molecule has 1 heterocycles. The second kappa shape index (κ2) is 8.74. The minimum atomic E-state index is -0.912. The van der Waals surface area contributed by atoms with Gasteiger partial charge >= 0.3 is 5.97 Å². The maximum Gasteiger partial charge on any atom is 0.307 e. The quantitative estimate of drug-likeness (QED) is 0.326. The molecule has 0 amide bonds. The molecule has 0 radical (unpaired) electrons. The fourth-order valence-electron chi connectivity index (χ4n) is 4.61. The summed E-state index contributed by atoms with van der Waals surface area (Å²) in [4.78, 5) is 28.6. The summed E-state index contributed by atoms with van der Waals surface area (Å²) < 4.78 is 20.5. The molecule has 7 heteroatoms. The van der Waals surface area contributed by atoms with Gasteiger partial charge in [-0.25, -0.2) is 4.39 Å². The van der Waals surface area contributed by atoms with E-state index in [0.29, 0.717) is 35.1 Å². The van der Waals surface area contributed by atoms with E-state index in [0.717, 1.165) is 17.5 Å². The maximum absolute atomic E-state index is 14.8. The molecule has 3 aromatic carbocycles. The first-order chi connectivity index (χ1) is 16.4. The van der Waals surface area contributed by atoms with Crippen molar-refractivity contribution >= 4 is 34.6 Å². The van der Waals surface area contributed by atoms with Crippen LogP contribution in [0.15, 0.2) is 65.1 Å². The van der Waals surface area contributed by atoms with Crippen molar-refractivity contribution < 1.29 is 23.5 Å². The molecular weight excluding hydrogens is 435 g/mol. The molecule has 1 saturated carbocycles. The zero-order chi connectivity index (χ0) is 23.8. The molecule has 1 fully saturated rings. The van der Waals surface area contributed by atoms with Gasteiger partial charge < -0.3 is 14.8 Å². The van der Waals surface area contributed by atoms with Crippen molar-refractivity contribution in [2.45, 2.75) is 26.2 Å². The lowest BCUT2D eigenvalue weighted by atomic mass is 9.88. The lowest BCUT2D eigenvalue weighted by Crippen LogP contribution is -2.25. The van der Waals surface area contributed by atoms with Crippen molar-refractivity contribution in [3.05, 3.63) is 77.6 Å². The number of ketones is 1. The molecule has 0 bridgehead atoms. The molecule has 2 N–H and O–H groups in total. The van der Waals surface area contributed by atoms with Gasteiger partial charge in [0.25, 0.3) is 6.01 Å². The van der Waals surface area contributed by atoms with Crippen LogP contribution in [0.1, 0.15) is 35.2 Å². The molecule has 4 aromatic rings. The fourth-order valence-corrected chi connectivity index (χ4v) is 4.61. The molecule has 0 spiro atoms. The number of hydrogen-bond acceptors (Lipinski definition) is 5. The van der Waals surface area contributed by atoms with E-state index in [1.165, 1.54) is 6.07 Å². The number of nitrogens with one attached hydrogen (secondary N) is 1. The van der Waals surface area contributed by atoms with E-state index in [2.05, 4.69) is 10.3 Å². The number of aromatic nitrogens is 1. The average molecular weight is 458 g/mol. The third-order valence-corrected chi connectivity index (χ3v) is 6.43. The average Bonchev–Trinajstić information content (AvgIpc) is 3.47. The number of carboxylic acid groups (broad SMARTS) is 1. The van der Waals surface area contributed by atoms with Crippen molar-refractivity contribution in [1.29, 1.82) is 0 Å². The number of aryl methyl sites for hydroxylation is 1. The van der Waals surface area contributed by atoms with E-state index in [4.69, 9.17) is 4.42 Å². The monoisotopic (exact) mass is 458 g/mol. The Hall–Kier alpha value is -4.00. The van der Waals surface area contributed by atoms with Gasteiger partial charge in [-0.3, -0.25) is 9.59 Å². The molecule has 6 nitrogen and oxygen atoms in total. The van der Waals surface area contributed by atoms with Crippen molar-refractivity contribution in [2.75, 3.05) is 5.32 Å². The number of nitrogens with zero attached hydrogens (tertiary/aromatic N) is 1. The third kappa shape index (κ3) is 4.17. The molecule has 0 unspecified atom stereocenters. The van der Waals surface area contributed by atoms with Crippen LogP contribution in [0.4, 0.5) is 16.1 Å². The van der Waals surface area contributed by atoms with E-state index in [1.54, 1.807) is 36.4 Å². The first kappa shape index (κ1) is 21.8. The first-order valence-electron chi connectivity index (χ1n) is 11.2. The third-order valence-electron chi connectivity index (χ3n) is 6.43. The minimum absolute atomic E-state index is 0.143. The Bertz CT molecular complexity index is 1390. The van der Waals surface area contributed by atoms with Gasteiger partial charge in [-0.05, 0) is 60.7 Å². The van der Waals surface area contributed by atoms with Gasteiger partial charge in [-0.15, -0.1) is 0 Å². The zero-order valence-corrected chi connectivity index (χ0v) is 18.5. The molecule has 0 aliphatic heterocycles. The second-order valence-electron chi connectivity index (χ2n) is 8.73. The standard InChI is InChI=1S/C27H23FN2O4/c1-15-5-11-23-24(13-15)34-27(30-23)29-22-12-10-18(14-21(22)28)16-6-8-17(9-7-16)25(31)19-3-2-4-20(19)26(32)33/h5-14,19-20H,2-4H2,1H3,(H,29,30)(H,32,33)/t19-,20-/m1/s1. The summed E-state index contributed by atoms with van der Waals surface area (Å²) in [5.74, 6) is -2.62. The van der Waals surface area contributed by atoms with Gasteiger partial charge in [0.15, 0.2) is 11.4 Å². The van der Waals surface area contributed by atoms with Crippen LogP contribution in [0.5, 0.6) is 0 Å². The Morgan fingerprint density at radius 3 is 2.47 bits per heavy atom. The van der Waals surface area contributed by atoms with Gasteiger partial charge in [-0.1, -0.05) is 42.8 Å². The molecule has 34 heavy (non-hydrogen) atoms. The SMILES string of the molecule is Cc1ccc2nc(Nc3ccc(-c4ccc(C(=O)[C@@H]5CCC[C@H]5C(=O)O)cc4)cc3F)oc2c1. The van der Waals surface area contributed by atoms with Crippen molar-refractivity contribution in [1.82, 2.24) is 4.98 Å². The fraction of sp³-hybridized carbons (Fsp3) is 0.222. The topological polar surface area (TPSA) is 92.4 Å². The summed E-state index contributed by atoms with van der Waals surface area (Å²) in [5.41, 5.74) is 4.48. The molecular formula is C27H23FN2O4. The Labute approximate surface area is 195 Å². The molecule has 172 valence electrons. The maximum atomic E-state index is 14.8. The number of aliphatic carboxylic acids is 1. The minimum Gasteiger partial charge on any atom is -0.481 e. The second-order valence-corrected chi connectivity index (χ2v) is 8.73. The van der Waals surface area contributed by atoms with Gasteiger partial charge in [-0.2, -0.15) is 4.98 Å². The highest BCUT2D eigenvalue weighted by molar-refractivity contribution is 6.00. The van der Waals surface area contributed by atoms with Crippen LogP contribution >= 0.6 is 0 Å². The van der Waals surface area contributed by atoms with Gasteiger partial charge in [0, 0.05) is 11.5 Å². The highest BCUT2D eigenvalue weighted by Gasteiger charge is 2.37. The molecule has 1 aliphatic rings. The van der Waals surface area contributed by atoms with Crippen molar-refractivity contribution in [2.24, 2.45) is 11.8 Å². The number of carbonyl (C=O) groups is 2. The lowest BCUT2D eigenvalue weighted by molar-refractivity contribution is -0.142. The smallest absolute Gasteiger partial charge is 0.307 e. The Kier molecular flexibility index (Phi) is 5.61. The summed E-state index contributed by atoms with van der Waals surface area (Å²) in [6, 6.07) is 17.5. The van der Waals surface area contributed by atoms with E-state index in [1.807, 2.05) is 25.1 Å². The van der Waals surface area contributed by atoms with E-state index in [-0.39, 0.29) is 17.5 Å². The Morgan fingerprint density at radius 1 is 1.00 bits per heavy atom. The summed E-state index contributed by atoms with van der Waals surface area (Å²) in [5, 5.41) is 12.2. The van der Waals surface area contributed by atoms with Crippen LogP contribution in [-0.4, -0.2) is 21.8 Å². The normalized spacial score (nSPS) is 17.7. The van der Waals surface area contributed by atoms with Crippen LogP contribution < -0.4 is 5.32 Å². The van der Waals surface area contributed by atoms with E-state index >= 15 is 0 Å². The Morgan fingerprint density at radius 2 is 1.74 bits per heavy atom. The number of carbonyl (C=O) groups excluding carboxylic acids is 1. The predicted molar refractivity (Wildman–Crippen MR) is 127 cm³/mol. The van der Waals surface area contributed by atoms with Crippen LogP contribution in [0.2, 0.25) is 0 Å². The van der Waals surface area contributed by atoms with Crippen molar-refractivity contribution in [3.8, 4) is 11.1 Å². The highest BCUT2D eigenvalue weighted by Crippen LogP contribution is 2.35. The van der Waals surface area contributed by atoms with Crippen LogP contribution in [-0.2, 0) is 4.79 Å². The number of anilines is 2. The predicted octanol–water partition coefficient (Wildman–Crippen LogP) is 6.37. The molecule has 1 aromatic heterocycles. The highest BCUT2D eigenvalue weighted by atomic mass is 19.1. The number of halogens is 1. The number of carboxylic acids is 1. The van der Waals surface area contributed by atoms with Gasteiger partial charge in [0.05, 0.1) is 11.6 Å².